The van der Waals surface area contributed by atoms with Crippen molar-refractivity contribution in [1.82, 2.24) is 10.6 Å². The van der Waals surface area contributed by atoms with Crippen LogP contribution < -0.4 is 16.0 Å². The van der Waals surface area contributed by atoms with Gasteiger partial charge < -0.3 is 26.2 Å². The van der Waals surface area contributed by atoms with Gasteiger partial charge in [-0.05, 0) is 65.8 Å². The van der Waals surface area contributed by atoms with E-state index in [2.05, 4.69) is 16.0 Å². The van der Waals surface area contributed by atoms with Gasteiger partial charge in [-0.2, -0.15) is 13.2 Å². The zero-order valence-corrected chi connectivity index (χ0v) is 23.0. The van der Waals surface area contributed by atoms with Crippen LogP contribution in [0.2, 0.25) is 0 Å². The van der Waals surface area contributed by atoms with Crippen LogP contribution in [0.25, 0.3) is 0 Å². The Morgan fingerprint density at radius 1 is 0.884 bits per heavy atom. The van der Waals surface area contributed by atoms with Crippen molar-refractivity contribution in [3.05, 3.63) is 100 Å². The van der Waals surface area contributed by atoms with Gasteiger partial charge in [0.25, 0.3) is 5.91 Å². The highest BCUT2D eigenvalue weighted by atomic mass is 19.4. The molecule has 0 bridgehead atoms. The number of halogens is 4. The number of nitrogens with one attached hydrogen (secondary N) is 3. The van der Waals surface area contributed by atoms with Crippen molar-refractivity contribution in [2.75, 3.05) is 11.9 Å². The number of aliphatic carboxylic acids is 1. The molecule has 0 heterocycles. The highest BCUT2D eigenvalue weighted by Gasteiger charge is 2.31. The summed E-state index contributed by atoms with van der Waals surface area (Å²) in [7, 11) is 0. The first-order chi connectivity index (χ1) is 20.4. The molecule has 43 heavy (non-hydrogen) atoms. The van der Waals surface area contributed by atoms with Crippen molar-refractivity contribution in [1.29, 1.82) is 0 Å². The lowest BCUT2D eigenvalue weighted by atomic mass is 9.83. The fourth-order valence-corrected chi connectivity index (χ4v) is 5.09. The van der Waals surface area contributed by atoms with Gasteiger partial charge in [0.1, 0.15) is 5.82 Å². The van der Waals surface area contributed by atoms with Crippen molar-refractivity contribution >= 4 is 23.6 Å². The van der Waals surface area contributed by atoms with Crippen molar-refractivity contribution in [3.63, 3.8) is 0 Å². The zero-order valence-electron chi connectivity index (χ0n) is 23.0. The standard InChI is InChI=1S/C31H31F4N3O5/c32-24-14-23(31(33,34)35)15-25(16-24)37-30(43)38-27(20-8-6-19(7-9-20)18-4-2-1-3-5-18)21-10-12-22(13-11-21)28(40)36-17-26(39)29(41)42/h6-16,18,26-27,39H,1-5,17H2,(H,36,40)(H,41,42)(H2,37,38,43)/t26-,27?/m1/s1. The number of urea groups is 1. The highest BCUT2D eigenvalue weighted by Crippen LogP contribution is 2.34. The molecule has 0 saturated heterocycles. The van der Waals surface area contributed by atoms with E-state index < -0.39 is 54.2 Å². The predicted molar refractivity (Wildman–Crippen MR) is 150 cm³/mol. The molecule has 1 saturated carbocycles. The number of amides is 3. The molecule has 0 aromatic heterocycles. The largest absolute Gasteiger partial charge is 0.479 e. The number of benzene rings is 3. The number of carbonyl (C=O) groups excluding carboxylic acids is 2. The fraction of sp³-hybridized carbons (Fsp3) is 0.323. The van der Waals surface area contributed by atoms with Crippen LogP contribution in [-0.2, 0) is 11.0 Å². The Kier molecular flexibility index (Phi) is 10.0. The van der Waals surface area contributed by atoms with Crippen molar-refractivity contribution < 1.29 is 42.2 Å². The van der Waals surface area contributed by atoms with Crippen molar-refractivity contribution in [3.8, 4) is 0 Å². The SMILES string of the molecule is O=C(Nc1cc(F)cc(C(F)(F)F)c1)NC(c1ccc(C(=O)NC[C@@H](O)C(=O)O)cc1)c1ccc(C2CCCCC2)cc1. The van der Waals surface area contributed by atoms with Gasteiger partial charge in [-0.25, -0.2) is 14.0 Å². The van der Waals surface area contributed by atoms with E-state index in [0.717, 1.165) is 31.7 Å². The Labute approximate surface area is 245 Å². The first-order valence-electron chi connectivity index (χ1n) is 13.7. The molecule has 3 aromatic rings. The Morgan fingerprint density at radius 2 is 1.49 bits per heavy atom. The number of aliphatic hydroxyl groups is 1. The number of carboxylic acid groups (broad SMARTS) is 1. The summed E-state index contributed by atoms with van der Waals surface area (Å²) < 4.78 is 53.4. The summed E-state index contributed by atoms with van der Waals surface area (Å²) in [6.07, 6.45) is -0.882. The molecule has 3 aromatic carbocycles. The van der Waals surface area contributed by atoms with E-state index >= 15 is 0 Å². The highest BCUT2D eigenvalue weighted by molar-refractivity contribution is 5.94. The number of hydrogen-bond acceptors (Lipinski definition) is 4. The molecular formula is C31H31F4N3O5. The zero-order chi connectivity index (χ0) is 31.1. The second kappa shape index (κ2) is 13.7. The lowest BCUT2D eigenvalue weighted by Gasteiger charge is -2.24. The summed E-state index contributed by atoms with van der Waals surface area (Å²) >= 11 is 0. The summed E-state index contributed by atoms with van der Waals surface area (Å²) in [5.41, 5.74) is 0.886. The van der Waals surface area contributed by atoms with E-state index in [1.54, 1.807) is 12.1 Å². The van der Waals surface area contributed by atoms with E-state index in [1.165, 1.54) is 24.1 Å². The number of carboxylic acids is 1. The lowest BCUT2D eigenvalue weighted by molar-refractivity contribution is -0.146. The third-order valence-corrected chi connectivity index (χ3v) is 7.35. The molecule has 1 unspecified atom stereocenters. The molecule has 1 fully saturated rings. The van der Waals surface area contributed by atoms with Gasteiger partial charge in [0.2, 0.25) is 0 Å². The summed E-state index contributed by atoms with van der Waals surface area (Å²) in [5.74, 6) is -2.84. The molecule has 0 spiro atoms. The van der Waals surface area contributed by atoms with Gasteiger partial charge >= 0.3 is 18.2 Å². The molecule has 5 N–H and O–H groups in total. The molecule has 0 aliphatic heterocycles. The number of alkyl halides is 3. The van der Waals surface area contributed by atoms with Crippen LogP contribution in [0.5, 0.6) is 0 Å². The Bertz CT molecular complexity index is 1440. The molecule has 1 aliphatic rings. The third-order valence-electron chi connectivity index (χ3n) is 7.35. The summed E-state index contributed by atoms with van der Waals surface area (Å²) in [5, 5.41) is 25.5. The summed E-state index contributed by atoms with van der Waals surface area (Å²) in [6, 6.07) is 13.7. The second-order valence-electron chi connectivity index (χ2n) is 10.4. The Balaban J connectivity index is 1.56. The second-order valence-corrected chi connectivity index (χ2v) is 10.4. The molecule has 8 nitrogen and oxygen atoms in total. The quantitative estimate of drug-likeness (QED) is 0.193. The average molecular weight is 602 g/mol. The number of rotatable bonds is 9. The van der Waals surface area contributed by atoms with E-state index in [-0.39, 0.29) is 11.3 Å². The molecule has 0 radical (unpaired) electrons. The minimum Gasteiger partial charge on any atom is -0.479 e. The van der Waals surface area contributed by atoms with Gasteiger partial charge in [0, 0.05) is 11.3 Å². The van der Waals surface area contributed by atoms with E-state index in [4.69, 9.17) is 5.11 Å². The first-order valence-corrected chi connectivity index (χ1v) is 13.7. The lowest BCUT2D eigenvalue weighted by Crippen LogP contribution is -2.36. The average Bonchev–Trinajstić information content (AvgIpc) is 2.98. The Hall–Kier alpha value is -4.45. The van der Waals surface area contributed by atoms with Gasteiger partial charge in [0.05, 0.1) is 18.2 Å². The maximum absolute atomic E-state index is 13.9. The predicted octanol–water partition coefficient (Wildman–Crippen LogP) is 5.98. The van der Waals surface area contributed by atoms with Gasteiger partial charge in [-0.3, -0.25) is 4.79 Å². The van der Waals surface area contributed by atoms with Crippen molar-refractivity contribution in [2.24, 2.45) is 0 Å². The maximum atomic E-state index is 13.9. The molecule has 1 aliphatic carbocycles. The summed E-state index contributed by atoms with van der Waals surface area (Å²) in [6.45, 7) is -0.496. The molecule has 2 atom stereocenters. The maximum Gasteiger partial charge on any atom is 0.416 e. The molecule has 4 rings (SSSR count). The minimum atomic E-state index is -4.81. The van der Waals surface area contributed by atoms with Gasteiger partial charge in [-0.1, -0.05) is 55.7 Å². The fourth-order valence-electron chi connectivity index (χ4n) is 5.09. The summed E-state index contributed by atoms with van der Waals surface area (Å²) in [4.78, 5) is 36.2. The van der Waals surface area contributed by atoms with E-state index in [9.17, 15) is 37.1 Å². The Morgan fingerprint density at radius 3 is 2.07 bits per heavy atom. The van der Waals surface area contributed by atoms with Gasteiger partial charge in [-0.15, -0.1) is 0 Å². The molecule has 12 heteroatoms. The van der Waals surface area contributed by atoms with Crippen LogP contribution in [0.4, 0.5) is 28.0 Å². The smallest absolute Gasteiger partial charge is 0.416 e. The molecular weight excluding hydrogens is 570 g/mol. The molecule has 228 valence electrons. The monoisotopic (exact) mass is 601 g/mol. The third kappa shape index (κ3) is 8.54. The first kappa shape index (κ1) is 31.5. The van der Waals surface area contributed by atoms with Crippen LogP contribution in [0.15, 0.2) is 66.7 Å². The number of carbonyl (C=O) groups is 3. The number of anilines is 1. The van der Waals surface area contributed by atoms with E-state index in [1.807, 2.05) is 24.3 Å². The van der Waals surface area contributed by atoms with Crippen molar-refractivity contribution in [2.45, 2.75) is 56.3 Å². The van der Waals surface area contributed by atoms with Crippen LogP contribution in [0.1, 0.15) is 76.7 Å². The van der Waals surface area contributed by atoms with Crippen LogP contribution in [0, 0.1) is 5.82 Å². The van der Waals surface area contributed by atoms with Gasteiger partial charge in [0.15, 0.2) is 6.10 Å². The number of aliphatic hydroxyl groups excluding tert-OH is 1. The van der Waals surface area contributed by atoms with Crippen LogP contribution >= 0.6 is 0 Å². The minimum absolute atomic E-state index is 0.164. The van der Waals surface area contributed by atoms with Crippen LogP contribution in [-0.4, -0.2) is 40.8 Å². The normalized spacial score (nSPS) is 15.3. The molecule has 3 amide bonds. The van der Waals surface area contributed by atoms with E-state index in [0.29, 0.717) is 29.2 Å². The number of hydrogen-bond donors (Lipinski definition) is 5. The van der Waals surface area contributed by atoms with Crippen LogP contribution in [0.3, 0.4) is 0 Å². The topological polar surface area (TPSA) is 128 Å².